The van der Waals surface area contributed by atoms with Gasteiger partial charge in [0.15, 0.2) is 0 Å². The van der Waals surface area contributed by atoms with Gasteiger partial charge < -0.3 is 10.1 Å². The zero-order valence-electron chi connectivity index (χ0n) is 16.0. The third kappa shape index (κ3) is 4.03. The summed E-state index contributed by atoms with van der Waals surface area (Å²) >= 11 is 2.97. The Bertz CT molecular complexity index is 1260. The normalized spacial score (nSPS) is 10.8. The molecule has 0 radical (unpaired) electrons. The van der Waals surface area contributed by atoms with Gasteiger partial charge in [-0.1, -0.05) is 18.2 Å². The van der Waals surface area contributed by atoms with Crippen LogP contribution in [0.4, 0.5) is 0 Å². The van der Waals surface area contributed by atoms with E-state index in [1.54, 1.807) is 35.6 Å². The number of ether oxygens (including phenoxy) is 1. The number of fused-ring (bicyclic) bond motifs is 1. The van der Waals surface area contributed by atoms with Gasteiger partial charge in [0.2, 0.25) is 5.91 Å². The lowest BCUT2D eigenvalue weighted by Gasteiger charge is -2.08. The molecule has 1 aromatic carbocycles. The molecule has 30 heavy (non-hydrogen) atoms. The Morgan fingerprint density at radius 3 is 2.67 bits per heavy atom. The molecule has 0 atom stereocenters. The Hall–Kier alpha value is -3.30. The van der Waals surface area contributed by atoms with Crippen molar-refractivity contribution in [2.45, 2.75) is 13.1 Å². The van der Waals surface area contributed by atoms with Crippen molar-refractivity contribution in [3.63, 3.8) is 0 Å². The van der Waals surface area contributed by atoms with Crippen molar-refractivity contribution in [2.75, 3.05) is 7.11 Å². The minimum Gasteiger partial charge on any atom is -0.465 e. The minimum absolute atomic E-state index is 0.123. The highest BCUT2D eigenvalue weighted by Crippen LogP contribution is 2.33. The molecule has 152 valence electrons. The van der Waals surface area contributed by atoms with E-state index in [1.165, 1.54) is 29.3 Å². The zero-order valence-corrected chi connectivity index (χ0v) is 17.6. The third-order valence-electron chi connectivity index (χ3n) is 4.53. The summed E-state index contributed by atoms with van der Waals surface area (Å²) < 4.78 is 5.98. The van der Waals surface area contributed by atoms with E-state index in [1.807, 2.05) is 22.9 Å². The van der Waals surface area contributed by atoms with Crippen molar-refractivity contribution in [1.29, 1.82) is 0 Å². The van der Waals surface area contributed by atoms with E-state index in [0.29, 0.717) is 15.8 Å². The Balaban J connectivity index is 1.47. The summed E-state index contributed by atoms with van der Waals surface area (Å²) in [6.07, 6.45) is 1.41. The molecule has 1 amide bonds. The van der Waals surface area contributed by atoms with Gasteiger partial charge in [-0.3, -0.25) is 14.2 Å². The number of nitrogens with zero attached hydrogens (tertiary/aromatic N) is 2. The molecule has 0 aliphatic heterocycles. The molecule has 0 bridgehead atoms. The lowest BCUT2D eigenvalue weighted by molar-refractivity contribution is -0.121. The number of hydrogen-bond acceptors (Lipinski definition) is 7. The number of aromatic nitrogens is 2. The first-order chi connectivity index (χ1) is 14.6. The van der Waals surface area contributed by atoms with Gasteiger partial charge in [-0.2, -0.15) is 0 Å². The van der Waals surface area contributed by atoms with Gasteiger partial charge >= 0.3 is 5.97 Å². The fourth-order valence-electron chi connectivity index (χ4n) is 2.98. The molecular weight excluding hydrogens is 422 g/mol. The predicted octanol–water partition coefficient (Wildman–Crippen LogP) is 3.29. The number of carbonyl (C=O) groups excluding carboxylic acids is 2. The summed E-state index contributed by atoms with van der Waals surface area (Å²) in [5, 5.41) is 7.20. The Labute approximate surface area is 179 Å². The molecular formula is C21H17N3O4S2. The van der Waals surface area contributed by atoms with Crippen molar-refractivity contribution in [2.24, 2.45) is 0 Å². The highest BCUT2D eigenvalue weighted by Gasteiger charge is 2.15. The van der Waals surface area contributed by atoms with Crippen LogP contribution in [0.25, 0.3) is 20.7 Å². The summed E-state index contributed by atoms with van der Waals surface area (Å²) in [5.74, 6) is -0.716. The van der Waals surface area contributed by atoms with Crippen LogP contribution in [0.5, 0.6) is 0 Å². The van der Waals surface area contributed by atoms with Crippen LogP contribution in [-0.4, -0.2) is 28.5 Å². The first kappa shape index (κ1) is 20.0. The first-order valence-electron chi connectivity index (χ1n) is 9.01. The number of benzene rings is 1. The maximum atomic E-state index is 13.0. The number of methoxy groups -OCH3 is 1. The number of hydrogen-bond donors (Lipinski definition) is 1. The van der Waals surface area contributed by atoms with E-state index in [2.05, 4.69) is 15.0 Å². The van der Waals surface area contributed by atoms with E-state index in [-0.39, 0.29) is 24.6 Å². The van der Waals surface area contributed by atoms with Gasteiger partial charge in [0.1, 0.15) is 11.4 Å². The average molecular weight is 440 g/mol. The summed E-state index contributed by atoms with van der Waals surface area (Å²) in [4.78, 5) is 42.8. The van der Waals surface area contributed by atoms with E-state index < -0.39 is 5.97 Å². The second-order valence-corrected chi connectivity index (χ2v) is 8.26. The van der Waals surface area contributed by atoms with Crippen molar-refractivity contribution < 1.29 is 14.3 Å². The second-order valence-electron chi connectivity index (χ2n) is 6.45. The SMILES string of the molecule is COC(=O)c1ccc(CNC(=O)Cn2cnc3scc(-c4cccs4)c3c2=O)cc1. The van der Waals surface area contributed by atoms with Crippen LogP contribution in [0, 0.1) is 0 Å². The van der Waals surface area contributed by atoms with Crippen molar-refractivity contribution in [1.82, 2.24) is 14.9 Å². The fourth-order valence-corrected chi connectivity index (χ4v) is 4.70. The van der Waals surface area contributed by atoms with Gasteiger partial charge in [-0.05, 0) is 29.1 Å². The topological polar surface area (TPSA) is 90.3 Å². The Kier molecular flexibility index (Phi) is 5.73. The molecule has 4 rings (SSSR count). The maximum Gasteiger partial charge on any atom is 0.337 e. The van der Waals surface area contributed by atoms with Gasteiger partial charge in [-0.15, -0.1) is 22.7 Å². The number of nitrogens with one attached hydrogen (secondary N) is 1. The van der Waals surface area contributed by atoms with Crippen LogP contribution >= 0.6 is 22.7 Å². The summed E-state index contributed by atoms with van der Waals surface area (Å²) in [7, 11) is 1.32. The molecule has 7 nitrogen and oxygen atoms in total. The van der Waals surface area contributed by atoms with Gasteiger partial charge in [0, 0.05) is 22.4 Å². The Morgan fingerprint density at radius 2 is 1.97 bits per heavy atom. The molecule has 0 saturated heterocycles. The van der Waals surface area contributed by atoms with Crippen LogP contribution < -0.4 is 10.9 Å². The monoisotopic (exact) mass is 439 g/mol. The summed E-state index contributed by atoms with van der Waals surface area (Å²) in [5.41, 5.74) is 1.88. The van der Waals surface area contributed by atoms with Crippen molar-refractivity contribution in [3.05, 3.63) is 75.0 Å². The Morgan fingerprint density at radius 1 is 1.17 bits per heavy atom. The average Bonchev–Trinajstić information content (AvgIpc) is 3.44. The molecule has 0 aliphatic carbocycles. The number of carbonyl (C=O) groups is 2. The minimum atomic E-state index is -0.414. The fraction of sp³-hybridized carbons (Fsp3) is 0.143. The van der Waals surface area contributed by atoms with Crippen LogP contribution in [0.3, 0.4) is 0 Å². The predicted molar refractivity (Wildman–Crippen MR) is 117 cm³/mol. The number of amides is 1. The number of thiophene rings is 2. The van der Waals surface area contributed by atoms with Gasteiger partial charge in [0.25, 0.3) is 5.56 Å². The molecule has 9 heteroatoms. The third-order valence-corrected chi connectivity index (χ3v) is 6.32. The zero-order chi connectivity index (χ0) is 21.1. The molecule has 3 aromatic heterocycles. The van der Waals surface area contributed by atoms with Crippen molar-refractivity contribution in [3.8, 4) is 10.4 Å². The van der Waals surface area contributed by atoms with E-state index in [4.69, 9.17) is 0 Å². The standard InChI is InChI=1S/C21H17N3O4S2/c1-28-21(27)14-6-4-13(5-7-14)9-22-17(25)10-24-12-23-19-18(20(24)26)15(11-30-19)16-3-2-8-29-16/h2-8,11-12H,9-10H2,1H3,(H,22,25). The molecule has 1 N–H and O–H groups in total. The van der Waals surface area contributed by atoms with E-state index in [9.17, 15) is 14.4 Å². The van der Waals surface area contributed by atoms with Crippen molar-refractivity contribution >= 4 is 44.8 Å². The van der Waals surface area contributed by atoms with Crippen LogP contribution in [-0.2, 0) is 22.6 Å². The second kappa shape index (κ2) is 8.60. The smallest absolute Gasteiger partial charge is 0.337 e. The van der Waals surface area contributed by atoms with Gasteiger partial charge in [0.05, 0.1) is 24.4 Å². The number of rotatable bonds is 6. The molecule has 0 saturated carbocycles. The first-order valence-corrected chi connectivity index (χ1v) is 10.8. The lowest BCUT2D eigenvalue weighted by atomic mass is 10.1. The van der Waals surface area contributed by atoms with Crippen LogP contribution in [0.2, 0.25) is 0 Å². The summed E-state index contributed by atoms with van der Waals surface area (Å²) in [6.45, 7) is 0.158. The highest BCUT2D eigenvalue weighted by molar-refractivity contribution is 7.18. The quantitative estimate of drug-likeness (QED) is 0.466. The van der Waals surface area contributed by atoms with E-state index in [0.717, 1.165) is 16.0 Å². The molecule has 0 spiro atoms. The lowest BCUT2D eigenvalue weighted by Crippen LogP contribution is -2.32. The summed E-state index contributed by atoms with van der Waals surface area (Å²) in [6, 6.07) is 10.7. The van der Waals surface area contributed by atoms with E-state index >= 15 is 0 Å². The highest BCUT2D eigenvalue weighted by atomic mass is 32.1. The molecule has 0 unspecified atom stereocenters. The van der Waals surface area contributed by atoms with Crippen LogP contribution in [0.1, 0.15) is 15.9 Å². The largest absolute Gasteiger partial charge is 0.465 e. The number of esters is 1. The molecule has 4 aromatic rings. The molecule has 0 aliphatic rings. The molecule has 3 heterocycles. The van der Waals surface area contributed by atoms with Crippen LogP contribution in [0.15, 0.2) is 58.3 Å². The van der Waals surface area contributed by atoms with Gasteiger partial charge in [-0.25, -0.2) is 9.78 Å². The maximum absolute atomic E-state index is 13.0. The molecule has 0 fully saturated rings.